The number of phenolic OH excluding ortho intramolecular Hbond substituents is 1. The zero-order chi connectivity index (χ0) is 13.9. The third-order valence-electron chi connectivity index (χ3n) is 4.92. The first-order chi connectivity index (χ1) is 9.65. The van der Waals surface area contributed by atoms with Gasteiger partial charge in [-0.15, -0.1) is 0 Å². The Balaban J connectivity index is 2.02. The lowest BCUT2D eigenvalue weighted by Gasteiger charge is -2.39. The van der Waals surface area contributed by atoms with Gasteiger partial charge in [0.1, 0.15) is 5.75 Å². The van der Waals surface area contributed by atoms with Gasteiger partial charge in [-0.3, -0.25) is 4.90 Å². The van der Waals surface area contributed by atoms with Gasteiger partial charge in [0.2, 0.25) is 0 Å². The van der Waals surface area contributed by atoms with Crippen LogP contribution in [0.5, 0.6) is 5.75 Å². The van der Waals surface area contributed by atoms with Gasteiger partial charge < -0.3 is 5.11 Å². The summed E-state index contributed by atoms with van der Waals surface area (Å²) < 4.78 is 0. The Hall–Kier alpha value is -1.80. The van der Waals surface area contributed by atoms with Crippen LogP contribution in [0, 0.1) is 6.92 Å². The summed E-state index contributed by atoms with van der Waals surface area (Å²) in [6, 6.07) is 11.2. The van der Waals surface area contributed by atoms with Crippen LogP contribution in [-0.2, 0) is 12.8 Å². The van der Waals surface area contributed by atoms with Crippen LogP contribution in [0.1, 0.15) is 28.3 Å². The van der Waals surface area contributed by atoms with Crippen LogP contribution < -0.4 is 0 Å². The molecule has 2 heteroatoms. The van der Waals surface area contributed by atoms with Crippen LogP contribution in [0.15, 0.2) is 30.3 Å². The van der Waals surface area contributed by atoms with E-state index in [0.29, 0.717) is 11.8 Å². The second-order valence-electron chi connectivity index (χ2n) is 6.12. The molecule has 0 saturated carbocycles. The van der Waals surface area contributed by atoms with Crippen LogP contribution in [-0.4, -0.2) is 23.6 Å². The van der Waals surface area contributed by atoms with E-state index >= 15 is 0 Å². The van der Waals surface area contributed by atoms with Gasteiger partial charge in [-0.2, -0.15) is 0 Å². The molecule has 1 aliphatic carbocycles. The van der Waals surface area contributed by atoms with E-state index in [-0.39, 0.29) is 0 Å². The summed E-state index contributed by atoms with van der Waals surface area (Å²) in [5.41, 5.74) is 7.84. The van der Waals surface area contributed by atoms with E-state index in [1.54, 1.807) is 0 Å². The summed E-state index contributed by atoms with van der Waals surface area (Å²) in [5, 5.41) is 10.0. The van der Waals surface area contributed by atoms with E-state index in [0.717, 1.165) is 24.9 Å². The van der Waals surface area contributed by atoms with Crippen molar-refractivity contribution in [2.45, 2.75) is 25.8 Å². The maximum absolute atomic E-state index is 10.0. The summed E-state index contributed by atoms with van der Waals surface area (Å²) in [5.74, 6) is 0.406. The number of likely N-dealkylation sites (N-methyl/N-ethyl adjacent to an activating group) is 1. The highest BCUT2D eigenvalue weighted by molar-refractivity contribution is 5.77. The number of benzene rings is 2. The average Bonchev–Trinajstić information content (AvgIpc) is 2.45. The van der Waals surface area contributed by atoms with Crippen molar-refractivity contribution in [3.05, 3.63) is 52.6 Å². The smallest absolute Gasteiger partial charge is 0.119 e. The summed E-state index contributed by atoms with van der Waals surface area (Å²) in [6.45, 7) is 3.11. The predicted octanol–water partition coefficient (Wildman–Crippen LogP) is 3.45. The largest absolute Gasteiger partial charge is 0.508 e. The minimum absolute atomic E-state index is 0.406. The Morgan fingerprint density at radius 1 is 1.15 bits per heavy atom. The normalized spacial score (nSPS) is 20.4. The van der Waals surface area contributed by atoms with Crippen molar-refractivity contribution in [2.24, 2.45) is 0 Å². The van der Waals surface area contributed by atoms with E-state index in [1.807, 2.05) is 13.0 Å². The molecule has 1 atom stereocenters. The first-order valence-corrected chi connectivity index (χ1v) is 7.30. The van der Waals surface area contributed by atoms with Crippen molar-refractivity contribution < 1.29 is 5.11 Å². The lowest BCUT2D eigenvalue weighted by Crippen LogP contribution is -2.35. The molecular weight excluding hydrogens is 246 g/mol. The zero-order valence-electron chi connectivity index (χ0n) is 12.0. The third-order valence-corrected chi connectivity index (χ3v) is 4.92. The third kappa shape index (κ3) is 1.55. The summed E-state index contributed by atoms with van der Waals surface area (Å²) in [6.07, 6.45) is 2.18. The van der Waals surface area contributed by atoms with Crippen LogP contribution in [0.3, 0.4) is 0 Å². The molecule has 1 N–H and O–H groups in total. The molecule has 20 heavy (non-hydrogen) atoms. The van der Waals surface area contributed by atoms with E-state index < -0.39 is 0 Å². The zero-order valence-corrected chi connectivity index (χ0v) is 12.0. The number of nitrogens with zero attached hydrogens (tertiary/aromatic N) is 1. The monoisotopic (exact) mass is 265 g/mol. The second-order valence-corrected chi connectivity index (χ2v) is 6.12. The number of hydrogen-bond acceptors (Lipinski definition) is 2. The van der Waals surface area contributed by atoms with Crippen molar-refractivity contribution in [2.75, 3.05) is 13.6 Å². The number of fused-ring (bicyclic) bond motifs is 2. The minimum Gasteiger partial charge on any atom is -0.508 e. The molecule has 1 aliphatic heterocycles. The first-order valence-electron chi connectivity index (χ1n) is 7.30. The molecule has 0 spiro atoms. The molecule has 0 bridgehead atoms. The van der Waals surface area contributed by atoms with Crippen LogP contribution in [0.2, 0.25) is 0 Å². The highest BCUT2D eigenvalue weighted by atomic mass is 16.3. The molecule has 2 aromatic rings. The maximum atomic E-state index is 10.0. The summed E-state index contributed by atoms with van der Waals surface area (Å²) in [4.78, 5) is 2.47. The van der Waals surface area contributed by atoms with Crippen molar-refractivity contribution in [3.8, 4) is 16.9 Å². The Bertz CT molecular complexity index is 705. The molecule has 0 saturated heterocycles. The highest BCUT2D eigenvalue weighted by Gasteiger charge is 2.32. The van der Waals surface area contributed by atoms with Crippen LogP contribution >= 0.6 is 0 Å². The lowest BCUT2D eigenvalue weighted by atomic mass is 9.77. The van der Waals surface area contributed by atoms with Gasteiger partial charge in [-0.05, 0) is 66.3 Å². The van der Waals surface area contributed by atoms with Gasteiger partial charge in [0.15, 0.2) is 0 Å². The van der Waals surface area contributed by atoms with Crippen molar-refractivity contribution >= 4 is 0 Å². The van der Waals surface area contributed by atoms with Gasteiger partial charge in [-0.1, -0.05) is 24.3 Å². The topological polar surface area (TPSA) is 23.5 Å². The van der Waals surface area contributed by atoms with Gasteiger partial charge >= 0.3 is 0 Å². The minimum atomic E-state index is 0.406. The lowest BCUT2D eigenvalue weighted by molar-refractivity contribution is 0.228. The number of hydrogen-bond donors (Lipinski definition) is 1. The summed E-state index contributed by atoms with van der Waals surface area (Å²) >= 11 is 0. The molecule has 4 rings (SSSR count). The molecule has 2 aromatic carbocycles. The molecule has 1 heterocycles. The fourth-order valence-electron chi connectivity index (χ4n) is 3.77. The Kier molecular flexibility index (Phi) is 2.45. The Morgan fingerprint density at radius 3 is 2.85 bits per heavy atom. The molecule has 2 aliphatic rings. The van der Waals surface area contributed by atoms with Crippen molar-refractivity contribution in [1.29, 1.82) is 0 Å². The van der Waals surface area contributed by atoms with Gasteiger partial charge in [0, 0.05) is 12.6 Å². The van der Waals surface area contributed by atoms with E-state index in [4.69, 9.17) is 0 Å². The van der Waals surface area contributed by atoms with Crippen LogP contribution in [0.4, 0.5) is 0 Å². The fraction of sp³-hybridized carbons (Fsp3) is 0.333. The average molecular weight is 265 g/mol. The van der Waals surface area contributed by atoms with Gasteiger partial charge in [-0.25, -0.2) is 0 Å². The molecule has 102 valence electrons. The second kappa shape index (κ2) is 4.10. The molecule has 0 unspecified atom stereocenters. The fourth-order valence-corrected chi connectivity index (χ4v) is 3.77. The van der Waals surface area contributed by atoms with E-state index in [2.05, 4.69) is 36.2 Å². The first kappa shape index (κ1) is 12.0. The molecule has 0 aromatic heterocycles. The molecular formula is C18H19NO. The highest BCUT2D eigenvalue weighted by Crippen LogP contribution is 2.45. The summed E-state index contributed by atoms with van der Waals surface area (Å²) in [7, 11) is 2.22. The van der Waals surface area contributed by atoms with Gasteiger partial charge in [0.05, 0.1) is 0 Å². The molecule has 0 fully saturated rings. The number of rotatable bonds is 0. The molecule has 0 radical (unpaired) electrons. The maximum Gasteiger partial charge on any atom is 0.119 e. The Labute approximate surface area is 119 Å². The molecule has 0 amide bonds. The van der Waals surface area contributed by atoms with E-state index in [1.165, 1.54) is 27.8 Å². The van der Waals surface area contributed by atoms with Crippen molar-refractivity contribution in [3.63, 3.8) is 0 Å². The predicted molar refractivity (Wildman–Crippen MR) is 81.1 cm³/mol. The molecule has 2 nitrogen and oxygen atoms in total. The van der Waals surface area contributed by atoms with Gasteiger partial charge in [0.25, 0.3) is 0 Å². The van der Waals surface area contributed by atoms with E-state index in [9.17, 15) is 5.11 Å². The number of aryl methyl sites for hydroxylation is 1. The quantitative estimate of drug-likeness (QED) is 0.788. The SMILES string of the molecule is Cc1cc2c(cc1O)-c1cccc3c1[C@H](C2)N(C)CC3. The Morgan fingerprint density at radius 2 is 2.00 bits per heavy atom. The number of phenols is 1. The van der Waals surface area contributed by atoms with Crippen molar-refractivity contribution in [1.82, 2.24) is 4.90 Å². The standard InChI is InChI=1S/C18H19NO/c1-11-8-13-9-16-18-12(6-7-19(16)2)4-3-5-14(18)15(13)10-17(11)20/h3-5,8,10,16,20H,6-7,9H2,1-2H3/t16-/m0/s1. The van der Waals surface area contributed by atoms with Crippen LogP contribution in [0.25, 0.3) is 11.1 Å². The number of aromatic hydroxyl groups is 1.